The van der Waals surface area contributed by atoms with Gasteiger partial charge < -0.3 is 10.5 Å². The topological polar surface area (TPSA) is 48.1 Å². The number of anilines is 1. The molecule has 1 aromatic carbocycles. The number of aryl methyl sites for hydroxylation is 1. The highest BCUT2D eigenvalue weighted by Gasteiger charge is 2.13. The second-order valence-corrected chi connectivity index (χ2v) is 5.49. The maximum Gasteiger partial charge on any atom is 0.119 e. The molecular formula is C12H13BrN2OS. The number of hydrogen-bond acceptors (Lipinski definition) is 4. The van der Waals surface area contributed by atoms with E-state index in [9.17, 15) is 0 Å². The summed E-state index contributed by atoms with van der Waals surface area (Å²) in [7, 11) is 1.65. The van der Waals surface area contributed by atoms with Gasteiger partial charge in [-0.25, -0.2) is 4.98 Å². The Kier molecular flexibility index (Phi) is 3.69. The van der Waals surface area contributed by atoms with Crippen molar-refractivity contribution in [3.8, 4) is 17.0 Å². The molecule has 0 aliphatic heterocycles. The van der Waals surface area contributed by atoms with Crippen LogP contribution in [0.1, 0.15) is 11.9 Å². The van der Waals surface area contributed by atoms with E-state index in [-0.39, 0.29) is 0 Å². The smallest absolute Gasteiger partial charge is 0.119 e. The van der Waals surface area contributed by atoms with Crippen molar-refractivity contribution in [2.75, 3.05) is 12.8 Å². The Bertz CT molecular complexity index is 539. The first kappa shape index (κ1) is 12.4. The van der Waals surface area contributed by atoms with Gasteiger partial charge in [-0.1, -0.05) is 22.9 Å². The molecule has 0 saturated heterocycles. The lowest BCUT2D eigenvalue weighted by molar-refractivity contribution is 0.415. The highest BCUT2D eigenvalue weighted by molar-refractivity contribution is 9.10. The Hall–Kier alpha value is -1.07. The van der Waals surface area contributed by atoms with Crippen LogP contribution in [-0.4, -0.2) is 12.1 Å². The largest absolute Gasteiger partial charge is 0.497 e. The van der Waals surface area contributed by atoms with Gasteiger partial charge in [-0.05, 0) is 24.6 Å². The molecule has 2 aromatic rings. The molecular weight excluding hydrogens is 300 g/mol. The number of methoxy groups -OCH3 is 1. The van der Waals surface area contributed by atoms with Crippen molar-refractivity contribution in [2.45, 2.75) is 13.3 Å². The predicted octanol–water partition coefficient (Wildman–Crippen LogP) is 3.73. The van der Waals surface area contributed by atoms with Crippen molar-refractivity contribution in [3.05, 3.63) is 27.7 Å². The number of halogens is 1. The molecule has 0 saturated carbocycles. The second kappa shape index (κ2) is 5.06. The van der Waals surface area contributed by atoms with Crippen LogP contribution in [0.25, 0.3) is 11.3 Å². The third-order valence-electron chi connectivity index (χ3n) is 2.43. The number of nitrogens with zero attached hydrogens (tertiary/aromatic N) is 1. The van der Waals surface area contributed by atoms with Gasteiger partial charge in [-0.2, -0.15) is 0 Å². The van der Waals surface area contributed by atoms with Crippen molar-refractivity contribution >= 4 is 32.3 Å². The summed E-state index contributed by atoms with van der Waals surface area (Å²) in [4.78, 5) is 4.54. The number of hydrogen-bond donors (Lipinski definition) is 1. The Morgan fingerprint density at radius 3 is 2.82 bits per heavy atom. The summed E-state index contributed by atoms with van der Waals surface area (Å²) in [6.07, 6.45) is 0.899. The molecule has 3 nitrogen and oxygen atoms in total. The first-order valence-corrected chi connectivity index (χ1v) is 6.85. The van der Waals surface area contributed by atoms with E-state index in [2.05, 4.69) is 27.8 Å². The van der Waals surface area contributed by atoms with Crippen LogP contribution in [-0.2, 0) is 6.42 Å². The summed E-state index contributed by atoms with van der Waals surface area (Å²) in [5.41, 5.74) is 7.81. The molecule has 0 radical (unpaired) electrons. The van der Waals surface area contributed by atoms with Gasteiger partial charge in [0.05, 0.1) is 12.1 Å². The van der Waals surface area contributed by atoms with Gasteiger partial charge in [-0.15, -0.1) is 11.3 Å². The van der Waals surface area contributed by atoms with Crippen LogP contribution >= 0.6 is 27.3 Å². The Balaban J connectivity index is 2.54. The van der Waals surface area contributed by atoms with E-state index < -0.39 is 0 Å². The molecule has 5 heteroatoms. The molecule has 2 N–H and O–H groups in total. The standard InChI is InChI=1S/C12H13BrN2OS/c1-3-10-15-11(12(14)17-10)8-6-7(16-2)4-5-9(8)13/h4-6H,3,14H2,1-2H3. The maximum atomic E-state index is 6.00. The summed E-state index contributed by atoms with van der Waals surface area (Å²) in [6.45, 7) is 2.07. The van der Waals surface area contributed by atoms with E-state index in [0.29, 0.717) is 0 Å². The minimum Gasteiger partial charge on any atom is -0.497 e. The minimum atomic E-state index is 0.746. The van der Waals surface area contributed by atoms with E-state index in [4.69, 9.17) is 10.5 Å². The molecule has 1 aromatic heterocycles. The normalized spacial score (nSPS) is 10.5. The van der Waals surface area contributed by atoms with Gasteiger partial charge in [-0.3, -0.25) is 0 Å². The minimum absolute atomic E-state index is 0.746. The van der Waals surface area contributed by atoms with Gasteiger partial charge in [0.1, 0.15) is 16.4 Å². The van der Waals surface area contributed by atoms with Crippen LogP contribution in [0.2, 0.25) is 0 Å². The van der Waals surface area contributed by atoms with Crippen LogP contribution < -0.4 is 10.5 Å². The number of benzene rings is 1. The van der Waals surface area contributed by atoms with Crippen LogP contribution in [0.3, 0.4) is 0 Å². The zero-order valence-corrected chi connectivity index (χ0v) is 12.1. The summed E-state index contributed by atoms with van der Waals surface area (Å²) in [6, 6.07) is 5.78. The zero-order valence-electron chi connectivity index (χ0n) is 9.66. The highest BCUT2D eigenvalue weighted by atomic mass is 79.9. The second-order valence-electron chi connectivity index (χ2n) is 3.52. The van der Waals surface area contributed by atoms with Crippen LogP contribution in [0, 0.1) is 0 Å². The van der Waals surface area contributed by atoms with E-state index in [1.807, 2.05) is 18.2 Å². The molecule has 0 unspecified atom stereocenters. The SMILES string of the molecule is CCc1nc(-c2cc(OC)ccc2Br)c(N)s1. The molecule has 0 bridgehead atoms. The Morgan fingerprint density at radius 1 is 1.47 bits per heavy atom. The summed E-state index contributed by atoms with van der Waals surface area (Å²) in [5.74, 6) is 0.800. The third kappa shape index (κ3) is 2.45. The third-order valence-corrected chi connectivity index (χ3v) is 4.15. The van der Waals surface area contributed by atoms with E-state index >= 15 is 0 Å². The van der Waals surface area contributed by atoms with Crippen molar-refractivity contribution in [1.29, 1.82) is 0 Å². The van der Waals surface area contributed by atoms with Gasteiger partial charge in [0, 0.05) is 10.0 Å². The first-order valence-electron chi connectivity index (χ1n) is 5.24. The summed E-state index contributed by atoms with van der Waals surface area (Å²) in [5, 5.41) is 1.79. The molecule has 0 aliphatic rings. The zero-order chi connectivity index (χ0) is 12.4. The van der Waals surface area contributed by atoms with Crippen molar-refractivity contribution in [2.24, 2.45) is 0 Å². The molecule has 2 rings (SSSR count). The lowest BCUT2D eigenvalue weighted by Crippen LogP contribution is -1.89. The lowest BCUT2D eigenvalue weighted by Gasteiger charge is -2.05. The molecule has 1 heterocycles. The van der Waals surface area contributed by atoms with Crippen LogP contribution in [0.5, 0.6) is 5.75 Å². The van der Waals surface area contributed by atoms with E-state index in [0.717, 1.165) is 37.9 Å². The predicted molar refractivity (Wildman–Crippen MR) is 75.6 cm³/mol. The van der Waals surface area contributed by atoms with Crippen molar-refractivity contribution in [1.82, 2.24) is 4.98 Å². The fourth-order valence-electron chi connectivity index (χ4n) is 1.53. The van der Waals surface area contributed by atoms with Crippen molar-refractivity contribution < 1.29 is 4.74 Å². The average molecular weight is 313 g/mol. The molecule has 17 heavy (non-hydrogen) atoms. The number of rotatable bonds is 3. The molecule has 0 amide bonds. The lowest BCUT2D eigenvalue weighted by atomic mass is 10.1. The van der Waals surface area contributed by atoms with Crippen LogP contribution in [0.15, 0.2) is 22.7 Å². The molecule has 0 spiro atoms. The van der Waals surface area contributed by atoms with Gasteiger partial charge in [0.2, 0.25) is 0 Å². The number of ether oxygens (including phenoxy) is 1. The Morgan fingerprint density at radius 2 is 2.24 bits per heavy atom. The average Bonchev–Trinajstić information content (AvgIpc) is 2.71. The number of nitrogen functional groups attached to an aromatic ring is 1. The van der Waals surface area contributed by atoms with Gasteiger partial charge >= 0.3 is 0 Å². The van der Waals surface area contributed by atoms with Gasteiger partial charge in [0.25, 0.3) is 0 Å². The van der Waals surface area contributed by atoms with E-state index in [1.165, 1.54) is 11.3 Å². The fourth-order valence-corrected chi connectivity index (χ4v) is 2.76. The fraction of sp³-hybridized carbons (Fsp3) is 0.250. The number of nitrogens with two attached hydrogens (primary N) is 1. The van der Waals surface area contributed by atoms with Crippen molar-refractivity contribution in [3.63, 3.8) is 0 Å². The number of aromatic nitrogens is 1. The quantitative estimate of drug-likeness (QED) is 0.939. The number of thiazole rings is 1. The molecule has 0 fully saturated rings. The maximum absolute atomic E-state index is 6.00. The molecule has 0 aliphatic carbocycles. The first-order chi connectivity index (χ1) is 8.15. The molecule has 0 atom stereocenters. The van der Waals surface area contributed by atoms with Crippen LogP contribution in [0.4, 0.5) is 5.00 Å². The van der Waals surface area contributed by atoms with E-state index in [1.54, 1.807) is 7.11 Å². The summed E-state index contributed by atoms with van der Waals surface area (Å²) >= 11 is 5.05. The Labute approximate surface area is 113 Å². The van der Waals surface area contributed by atoms with Gasteiger partial charge in [0.15, 0.2) is 0 Å². The monoisotopic (exact) mass is 312 g/mol. The highest BCUT2D eigenvalue weighted by Crippen LogP contribution is 2.37. The molecule has 90 valence electrons. The summed E-state index contributed by atoms with van der Waals surface area (Å²) < 4.78 is 6.19.